The summed E-state index contributed by atoms with van der Waals surface area (Å²) in [5, 5.41) is 10.0. The van der Waals surface area contributed by atoms with E-state index < -0.39 is 6.10 Å². The number of hydrogen-bond donors (Lipinski definition) is 2. The number of benzene rings is 1. The summed E-state index contributed by atoms with van der Waals surface area (Å²) in [4.78, 5) is 0. The molecule has 0 saturated heterocycles. The average Bonchev–Trinajstić information content (AvgIpc) is 2.20. The van der Waals surface area contributed by atoms with Gasteiger partial charge in [0.1, 0.15) is 0 Å². The molecule has 2 nitrogen and oxygen atoms in total. The predicted molar refractivity (Wildman–Crippen MR) is 59.1 cm³/mol. The zero-order valence-corrected chi connectivity index (χ0v) is 9.12. The maximum atomic E-state index is 10.0. The Hall–Kier alpha value is -0.860. The second-order valence-corrected chi connectivity index (χ2v) is 3.95. The van der Waals surface area contributed by atoms with Gasteiger partial charge in [-0.2, -0.15) is 0 Å². The van der Waals surface area contributed by atoms with Crippen molar-refractivity contribution in [3.63, 3.8) is 0 Å². The fraction of sp³-hybridized carbons (Fsp3) is 0.500. The first-order valence-electron chi connectivity index (χ1n) is 5.02. The SMILES string of the molecule is Cc1cccc(C(O)C(C)CN)c1C. The van der Waals surface area contributed by atoms with Crippen molar-refractivity contribution >= 4 is 0 Å². The lowest BCUT2D eigenvalue weighted by Gasteiger charge is -2.20. The monoisotopic (exact) mass is 193 g/mol. The van der Waals surface area contributed by atoms with Gasteiger partial charge >= 0.3 is 0 Å². The Kier molecular flexibility index (Phi) is 3.67. The van der Waals surface area contributed by atoms with Gasteiger partial charge in [0.25, 0.3) is 0 Å². The Morgan fingerprint density at radius 3 is 2.57 bits per heavy atom. The highest BCUT2D eigenvalue weighted by Gasteiger charge is 2.16. The zero-order chi connectivity index (χ0) is 10.7. The summed E-state index contributed by atoms with van der Waals surface area (Å²) in [6, 6.07) is 6.00. The Labute approximate surface area is 85.8 Å². The molecule has 3 N–H and O–H groups in total. The van der Waals surface area contributed by atoms with Gasteiger partial charge in [0.2, 0.25) is 0 Å². The normalized spacial score (nSPS) is 15.2. The van der Waals surface area contributed by atoms with Gasteiger partial charge in [-0.3, -0.25) is 0 Å². The van der Waals surface area contributed by atoms with E-state index in [4.69, 9.17) is 5.73 Å². The molecule has 0 spiro atoms. The van der Waals surface area contributed by atoms with Crippen LogP contribution in [-0.2, 0) is 0 Å². The van der Waals surface area contributed by atoms with Crippen LogP contribution in [0.5, 0.6) is 0 Å². The fourth-order valence-electron chi connectivity index (χ4n) is 1.53. The minimum atomic E-state index is -0.445. The van der Waals surface area contributed by atoms with Crippen LogP contribution in [0.15, 0.2) is 18.2 Å². The van der Waals surface area contributed by atoms with E-state index in [-0.39, 0.29) is 5.92 Å². The van der Waals surface area contributed by atoms with Crippen molar-refractivity contribution in [2.75, 3.05) is 6.54 Å². The summed E-state index contributed by atoms with van der Waals surface area (Å²) >= 11 is 0. The van der Waals surface area contributed by atoms with E-state index in [0.29, 0.717) is 6.54 Å². The van der Waals surface area contributed by atoms with Crippen molar-refractivity contribution in [1.82, 2.24) is 0 Å². The van der Waals surface area contributed by atoms with Crippen molar-refractivity contribution in [3.05, 3.63) is 34.9 Å². The number of aliphatic hydroxyl groups excluding tert-OH is 1. The molecule has 0 bridgehead atoms. The van der Waals surface area contributed by atoms with Crippen LogP contribution >= 0.6 is 0 Å². The molecule has 1 rings (SSSR count). The van der Waals surface area contributed by atoms with Crippen molar-refractivity contribution in [3.8, 4) is 0 Å². The van der Waals surface area contributed by atoms with Gasteiger partial charge in [0.15, 0.2) is 0 Å². The second-order valence-electron chi connectivity index (χ2n) is 3.95. The van der Waals surface area contributed by atoms with Crippen LogP contribution in [0.25, 0.3) is 0 Å². The van der Waals surface area contributed by atoms with Crippen LogP contribution in [0.2, 0.25) is 0 Å². The van der Waals surface area contributed by atoms with Crippen molar-refractivity contribution in [2.45, 2.75) is 26.9 Å². The van der Waals surface area contributed by atoms with Crippen LogP contribution in [0.3, 0.4) is 0 Å². The summed E-state index contributed by atoms with van der Waals surface area (Å²) in [6.45, 7) is 6.57. The number of rotatable bonds is 3. The fourth-order valence-corrected chi connectivity index (χ4v) is 1.53. The van der Waals surface area contributed by atoms with Gasteiger partial charge in [0.05, 0.1) is 6.10 Å². The molecule has 0 fully saturated rings. The first-order valence-corrected chi connectivity index (χ1v) is 5.02. The molecule has 2 unspecified atom stereocenters. The van der Waals surface area contributed by atoms with Crippen molar-refractivity contribution < 1.29 is 5.11 Å². The topological polar surface area (TPSA) is 46.2 Å². The Morgan fingerprint density at radius 2 is 2.00 bits per heavy atom. The maximum Gasteiger partial charge on any atom is 0.0830 e. The molecule has 0 aliphatic rings. The quantitative estimate of drug-likeness (QED) is 0.770. The average molecular weight is 193 g/mol. The zero-order valence-electron chi connectivity index (χ0n) is 9.12. The van der Waals surface area contributed by atoms with Crippen molar-refractivity contribution in [1.29, 1.82) is 0 Å². The number of hydrogen-bond acceptors (Lipinski definition) is 2. The number of aryl methyl sites for hydroxylation is 1. The molecule has 1 aromatic carbocycles. The van der Waals surface area contributed by atoms with Gasteiger partial charge in [-0.05, 0) is 43.0 Å². The predicted octanol–water partition coefficient (Wildman–Crippen LogP) is 1.93. The summed E-state index contributed by atoms with van der Waals surface area (Å²) < 4.78 is 0. The van der Waals surface area contributed by atoms with Crippen LogP contribution < -0.4 is 5.73 Å². The van der Waals surface area contributed by atoms with E-state index in [2.05, 4.69) is 13.0 Å². The lowest BCUT2D eigenvalue weighted by atomic mass is 9.92. The highest BCUT2D eigenvalue weighted by molar-refractivity contribution is 5.34. The third kappa shape index (κ3) is 2.14. The molecule has 1 aromatic rings. The first kappa shape index (κ1) is 11.2. The molecular weight excluding hydrogens is 174 g/mol. The van der Waals surface area contributed by atoms with Crippen LogP contribution in [0.4, 0.5) is 0 Å². The summed E-state index contributed by atoms with van der Waals surface area (Å²) in [5.41, 5.74) is 8.92. The van der Waals surface area contributed by atoms with E-state index in [1.54, 1.807) is 0 Å². The molecule has 0 amide bonds. The van der Waals surface area contributed by atoms with Gasteiger partial charge in [-0.1, -0.05) is 25.1 Å². The number of nitrogens with two attached hydrogens (primary N) is 1. The van der Waals surface area contributed by atoms with Gasteiger partial charge in [0, 0.05) is 0 Å². The molecule has 14 heavy (non-hydrogen) atoms. The van der Waals surface area contributed by atoms with E-state index in [9.17, 15) is 5.11 Å². The lowest BCUT2D eigenvalue weighted by molar-refractivity contribution is 0.121. The van der Waals surface area contributed by atoms with Crippen LogP contribution in [-0.4, -0.2) is 11.7 Å². The highest BCUT2D eigenvalue weighted by Crippen LogP contribution is 2.25. The van der Waals surface area contributed by atoms with E-state index in [0.717, 1.165) is 5.56 Å². The molecule has 78 valence electrons. The molecule has 0 radical (unpaired) electrons. The molecule has 0 aliphatic carbocycles. The molecule has 0 aliphatic heterocycles. The van der Waals surface area contributed by atoms with Gasteiger partial charge in [-0.25, -0.2) is 0 Å². The third-order valence-corrected chi connectivity index (χ3v) is 2.88. The molecular formula is C12H19NO. The van der Waals surface area contributed by atoms with E-state index >= 15 is 0 Å². The smallest absolute Gasteiger partial charge is 0.0830 e. The Morgan fingerprint density at radius 1 is 1.36 bits per heavy atom. The Bertz CT molecular complexity index is 309. The van der Waals surface area contributed by atoms with Crippen LogP contribution in [0, 0.1) is 19.8 Å². The van der Waals surface area contributed by atoms with E-state index in [1.165, 1.54) is 11.1 Å². The summed E-state index contributed by atoms with van der Waals surface area (Å²) in [7, 11) is 0. The van der Waals surface area contributed by atoms with Crippen LogP contribution in [0.1, 0.15) is 29.7 Å². The molecule has 0 saturated carbocycles. The first-order chi connectivity index (χ1) is 6.57. The maximum absolute atomic E-state index is 10.0. The second kappa shape index (κ2) is 4.58. The molecule has 0 aromatic heterocycles. The minimum absolute atomic E-state index is 0.107. The Balaban J connectivity index is 3.01. The molecule has 2 heteroatoms. The largest absolute Gasteiger partial charge is 0.388 e. The lowest BCUT2D eigenvalue weighted by Crippen LogP contribution is -2.19. The van der Waals surface area contributed by atoms with Gasteiger partial charge < -0.3 is 10.8 Å². The van der Waals surface area contributed by atoms with E-state index in [1.807, 2.05) is 26.0 Å². The summed E-state index contributed by atoms with van der Waals surface area (Å²) in [5.74, 6) is 0.107. The molecule has 2 atom stereocenters. The standard InChI is InChI=1S/C12H19NO/c1-8-5-4-6-11(10(8)3)12(14)9(2)7-13/h4-6,9,12,14H,7,13H2,1-3H3. The summed E-state index contributed by atoms with van der Waals surface area (Å²) in [6.07, 6.45) is -0.445. The third-order valence-electron chi connectivity index (χ3n) is 2.88. The van der Waals surface area contributed by atoms with Crippen molar-refractivity contribution in [2.24, 2.45) is 11.7 Å². The number of aliphatic hydroxyl groups is 1. The molecule has 0 heterocycles. The minimum Gasteiger partial charge on any atom is -0.388 e. The highest BCUT2D eigenvalue weighted by atomic mass is 16.3. The van der Waals surface area contributed by atoms with Gasteiger partial charge in [-0.15, -0.1) is 0 Å².